The first-order valence-corrected chi connectivity index (χ1v) is 10.9. The second kappa shape index (κ2) is 8.29. The van der Waals surface area contributed by atoms with Crippen molar-refractivity contribution in [3.05, 3.63) is 70.3 Å². The Bertz CT molecular complexity index is 1190. The van der Waals surface area contributed by atoms with Gasteiger partial charge in [-0.25, -0.2) is 4.79 Å². The molecule has 1 saturated heterocycles. The number of carbonyl (C=O) groups is 3. The molecule has 1 heterocycles. The molecule has 4 unspecified atom stereocenters. The number of nitrogens with one attached hydrogen (secondary N) is 2. The highest BCUT2D eigenvalue weighted by Gasteiger charge is 2.59. The van der Waals surface area contributed by atoms with Crippen molar-refractivity contribution in [1.29, 1.82) is 0 Å². The van der Waals surface area contributed by atoms with Crippen LogP contribution < -0.4 is 20.3 Å². The fraction of sp³-hybridized carbons (Fsp3) is 0.292. The Morgan fingerprint density at radius 2 is 1.74 bits per heavy atom. The maximum atomic E-state index is 12.9. The number of allylic oxidation sites excluding steroid dienone is 2. The molecule has 0 aromatic heterocycles. The number of methoxy groups -OCH3 is 1. The van der Waals surface area contributed by atoms with Gasteiger partial charge in [-0.15, -0.1) is 0 Å². The molecule has 2 fully saturated rings. The van der Waals surface area contributed by atoms with Gasteiger partial charge in [0.2, 0.25) is 11.8 Å². The Labute approximate surface area is 194 Å². The molecule has 2 N–H and O–H groups in total. The van der Waals surface area contributed by atoms with Crippen LogP contribution in [0.4, 0.5) is 21.9 Å². The maximum Gasteiger partial charge on any atom is 0.319 e. The van der Waals surface area contributed by atoms with Crippen LogP contribution in [-0.4, -0.2) is 29.9 Å². The number of urea groups is 1. The lowest BCUT2D eigenvalue weighted by molar-refractivity contribution is -0.384. The number of nitrogens with zero attached hydrogens (tertiary/aromatic N) is 2. The molecule has 1 saturated carbocycles. The monoisotopic (exact) mass is 462 g/mol. The largest absolute Gasteiger partial charge is 0.495 e. The summed E-state index contributed by atoms with van der Waals surface area (Å²) in [5.74, 6) is -0.174. The maximum absolute atomic E-state index is 12.9. The minimum Gasteiger partial charge on any atom is -0.495 e. The van der Waals surface area contributed by atoms with E-state index in [1.165, 1.54) is 30.2 Å². The third kappa shape index (κ3) is 3.57. The van der Waals surface area contributed by atoms with E-state index in [9.17, 15) is 24.5 Å². The highest BCUT2D eigenvalue weighted by molar-refractivity contribution is 6.22. The number of hydrogen-bond donors (Lipinski definition) is 2. The van der Waals surface area contributed by atoms with E-state index in [4.69, 9.17) is 4.74 Å². The van der Waals surface area contributed by atoms with Gasteiger partial charge in [0.05, 0.1) is 35.2 Å². The fourth-order valence-corrected chi connectivity index (χ4v) is 5.18. The molecule has 1 aliphatic heterocycles. The number of carbonyl (C=O) groups excluding carboxylic acids is 3. The molecule has 2 aromatic rings. The Hall–Kier alpha value is -4.21. The van der Waals surface area contributed by atoms with Crippen molar-refractivity contribution in [2.75, 3.05) is 17.3 Å². The lowest BCUT2D eigenvalue weighted by atomic mass is 9.85. The molecule has 174 valence electrons. The number of imide groups is 1. The van der Waals surface area contributed by atoms with Crippen LogP contribution >= 0.6 is 0 Å². The van der Waals surface area contributed by atoms with Gasteiger partial charge in [-0.2, -0.15) is 0 Å². The number of non-ortho nitro benzene ring substituents is 1. The molecule has 2 aliphatic carbocycles. The van der Waals surface area contributed by atoms with Crippen LogP contribution in [-0.2, 0) is 16.1 Å². The van der Waals surface area contributed by atoms with Crippen LogP contribution in [0.5, 0.6) is 5.75 Å². The summed E-state index contributed by atoms with van der Waals surface area (Å²) >= 11 is 0. The van der Waals surface area contributed by atoms with E-state index in [2.05, 4.69) is 22.8 Å². The molecule has 10 nitrogen and oxygen atoms in total. The Morgan fingerprint density at radius 1 is 1.09 bits per heavy atom. The SMILES string of the molecule is COc1ccc([N+](=O)[O-])cc1NC(=O)NCc1ccc(N2C(=O)C3C4C=CC(C4)C3C2=O)cc1. The van der Waals surface area contributed by atoms with E-state index in [0.717, 1.165) is 12.0 Å². The summed E-state index contributed by atoms with van der Waals surface area (Å²) in [6, 6.07) is 10.2. The van der Waals surface area contributed by atoms with Crippen LogP contribution in [0.3, 0.4) is 0 Å². The first-order chi connectivity index (χ1) is 16.4. The van der Waals surface area contributed by atoms with Crippen molar-refractivity contribution in [2.45, 2.75) is 13.0 Å². The van der Waals surface area contributed by atoms with Gasteiger partial charge < -0.3 is 15.4 Å². The summed E-state index contributed by atoms with van der Waals surface area (Å²) in [4.78, 5) is 49.9. The van der Waals surface area contributed by atoms with E-state index in [0.29, 0.717) is 11.4 Å². The zero-order valence-corrected chi connectivity index (χ0v) is 18.3. The number of hydrogen-bond acceptors (Lipinski definition) is 6. The minimum absolute atomic E-state index is 0.136. The third-order valence-electron chi connectivity index (χ3n) is 6.76. The smallest absolute Gasteiger partial charge is 0.319 e. The van der Waals surface area contributed by atoms with Gasteiger partial charge in [0.1, 0.15) is 5.75 Å². The molecular weight excluding hydrogens is 440 g/mol. The van der Waals surface area contributed by atoms with Gasteiger partial charge in [0.15, 0.2) is 0 Å². The van der Waals surface area contributed by atoms with E-state index >= 15 is 0 Å². The van der Waals surface area contributed by atoms with E-state index in [-0.39, 0.29) is 53.4 Å². The highest BCUT2D eigenvalue weighted by atomic mass is 16.6. The number of anilines is 2. The van der Waals surface area contributed by atoms with E-state index in [1.54, 1.807) is 24.3 Å². The summed E-state index contributed by atoms with van der Waals surface area (Å²) in [6.45, 7) is 0.171. The molecule has 5 rings (SSSR count). The molecule has 4 atom stereocenters. The zero-order chi connectivity index (χ0) is 24.0. The minimum atomic E-state index is -0.566. The van der Waals surface area contributed by atoms with Gasteiger partial charge in [-0.1, -0.05) is 24.3 Å². The highest BCUT2D eigenvalue weighted by Crippen LogP contribution is 2.53. The average molecular weight is 462 g/mol. The molecule has 34 heavy (non-hydrogen) atoms. The summed E-state index contributed by atoms with van der Waals surface area (Å²) in [7, 11) is 1.40. The number of nitro benzene ring substituents is 1. The predicted molar refractivity (Wildman–Crippen MR) is 122 cm³/mol. The normalized spacial score (nSPS) is 24.3. The number of benzene rings is 2. The van der Waals surface area contributed by atoms with Gasteiger partial charge in [-0.05, 0) is 42.0 Å². The van der Waals surface area contributed by atoms with Crippen LogP contribution in [0.1, 0.15) is 12.0 Å². The van der Waals surface area contributed by atoms with E-state index in [1.807, 2.05) is 0 Å². The van der Waals surface area contributed by atoms with Crippen molar-refractivity contribution in [2.24, 2.45) is 23.7 Å². The van der Waals surface area contributed by atoms with Crippen molar-refractivity contribution < 1.29 is 24.0 Å². The lowest BCUT2D eigenvalue weighted by Gasteiger charge is -2.17. The van der Waals surface area contributed by atoms with Crippen LogP contribution in [0, 0.1) is 33.8 Å². The summed E-state index contributed by atoms with van der Waals surface area (Å²) in [5.41, 5.74) is 1.28. The summed E-state index contributed by atoms with van der Waals surface area (Å²) in [5, 5.41) is 16.2. The Morgan fingerprint density at radius 3 is 2.32 bits per heavy atom. The van der Waals surface area contributed by atoms with Crippen molar-refractivity contribution in [1.82, 2.24) is 5.32 Å². The van der Waals surface area contributed by atoms with Gasteiger partial charge in [-0.3, -0.25) is 24.6 Å². The topological polar surface area (TPSA) is 131 Å². The molecule has 4 amide bonds. The number of fused-ring (bicyclic) bond motifs is 5. The van der Waals surface area contributed by atoms with Crippen molar-refractivity contribution in [3.8, 4) is 5.75 Å². The van der Waals surface area contributed by atoms with Gasteiger partial charge >= 0.3 is 6.03 Å². The number of rotatable bonds is 6. The predicted octanol–water partition coefficient (Wildman–Crippen LogP) is 3.24. The molecule has 2 aromatic carbocycles. The van der Waals surface area contributed by atoms with Crippen LogP contribution in [0.25, 0.3) is 0 Å². The zero-order valence-electron chi connectivity index (χ0n) is 18.3. The molecular formula is C24H22N4O6. The number of nitro groups is 1. The number of ether oxygens (including phenoxy) is 1. The molecule has 0 radical (unpaired) electrons. The lowest BCUT2D eigenvalue weighted by Crippen LogP contribution is -2.32. The Balaban J connectivity index is 1.22. The molecule has 10 heteroatoms. The fourth-order valence-electron chi connectivity index (χ4n) is 5.18. The first kappa shape index (κ1) is 21.6. The van der Waals surface area contributed by atoms with Crippen LogP contribution in [0.2, 0.25) is 0 Å². The first-order valence-electron chi connectivity index (χ1n) is 10.9. The van der Waals surface area contributed by atoms with Crippen molar-refractivity contribution >= 4 is 34.9 Å². The standard InChI is InChI=1S/C24H22N4O6/c1-34-19-9-8-17(28(32)33)11-18(19)26-24(31)25-12-13-2-6-16(7-3-13)27-22(29)20-14-4-5-15(10-14)21(20)23(27)30/h2-9,11,14-15,20-21H,10,12H2,1H3,(H2,25,26,31). The number of amides is 4. The second-order valence-corrected chi connectivity index (χ2v) is 8.63. The molecule has 0 spiro atoms. The average Bonchev–Trinajstić information content (AvgIpc) is 3.52. The van der Waals surface area contributed by atoms with Crippen molar-refractivity contribution in [3.63, 3.8) is 0 Å². The quantitative estimate of drug-likeness (QED) is 0.293. The second-order valence-electron chi connectivity index (χ2n) is 8.63. The van der Waals surface area contributed by atoms with Crippen LogP contribution in [0.15, 0.2) is 54.6 Å². The van der Waals surface area contributed by atoms with Gasteiger partial charge in [0.25, 0.3) is 5.69 Å². The third-order valence-corrected chi connectivity index (χ3v) is 6.76. The van der Waals surface area contributed by atoms with Gasteiger partial charge in [0, 0.05) is 18.7 Å². The summed E-state index contributed by atoms with van der Waals surface area (Å²) in [6.07, 6.45) is 5.00. The Kier molecular flexibility index (Phi) is 5.27. The van der Waals surface area contributed by atoms with E-state index < -0.39 is 11.0 Å². The molecule has 3 aliphatic rings. The molecule has 2 bridgehead atoms. The summed E-state index contributed by atoms with van der Waals surface area (Å²) < 4.78 is 5.14.